The lowest BCUT2D eigenvalue weighted by atomic mass is 9.97. The summed E-state index contributed by atoms with van der Waals surface area (Å²) < 4.78 is 6.59. The number of aromatic nitrogens is 2. The summed E-state index contributed by atoms with van der Waals surface area (Å²) in [5.74, 6) is 1.08. The lowest BCUT2D eigenvalue weighted by Gasteiger charge is -2.10. The van der Waals surface area contributed by atoms with Crippen molar-refractivity contribution < 1.29 is 4.74 Å². The van der Waals surface area contributed by atoms with Gasteiger partial charge in [0.2, 0.25) is 0 Å². The molecule has 1 aliphatic carbocycles. The number of fused-ring (bicyclic) bond motifs is 3. The molecule has 0 aliphatic heterocycles. The van der Waals surface area contributed by atoms with Gasteiger partial charge in [-0.25, -0.2) is 4.98 Å². The summed E-state index contributed by atoms with van der Waals surface area (Å²) in [4.78, 5) is 22.0. The van der Waals surface area contributed by atoms with Gasteiger partial charge in [0, 0.05) is 9.35 Å². The smallest absolute Gasteiger partial charge is 0.260 e. The van der Waals surface area contributed by atoms with Gasteiger partial charge in [-0.2, -0.15) is 0 Å². The summed E-state index contributed by atoms with van der Waals surface area (Å²) in [7, 11) is 0. The molecule has 0 saturated carbocycles. The fourth-order valence-corrected chi connectivity index (χ4v) is 5.02. The number of aromatic amines is 1. The molecule has 1 aromatic carbocycles. The van der Waals surface area contributed by atoms with Crippen molar-refractivity contribution in [2.24, 2.45) is 0 Å². The number of H-pyrrole nitrogens is 1. The third-order valence-corrected chi connectivity index (χ3v) is 6.11. The maximum Gasteiger partial charge on any atom is 0.260 e. The van der Waals surface area contributed by atoms with Crippen LogP contribution in [0.2, 0.25) is 5.02 Å². The molecule has 0 spiro atoms. The van der Waals surface area contributed by atoms with E-state index >= 15 is 0 Å². The predicted octanol–water partition coefficient (Wildman–Crippen LogP) is 4.86. The molecular formula is C17H14BrClN2O2S. The van der Waals surface area contributed by atoms with Gasteiger partial charge in [0.05, 0.1) is 10.4 Å². The number of hydrogen-bond acceptors (Lipinski definition) is 4. The van der Waals surface area contributed by atoms with Crippen molar-refractivity contribution in [3.8, 4) is 5.75 Å². The molecule has 2 aromatic heterocycles. The number of hydrogen-bond donors (Lipinski definition) is 1. The summed E-state index contributed by atoms with van der Waals surface area (Å²) in [6, 6.07) is 5.41. The predicted molar refractivity (Wildman–Crippen MR) is 100 cm³/mol. The van der Waals surface area contributed by atoms with Crippen LogP contribution < -0.4 is 10.3 Å². The Bertz CT molecular complexity index is 983. The van der Waals surface area contributed by atoms with Crippen LogP contribution in [0.5, 0.6) is 5.75 Å². The highest BCUT2D eigenvalue weighted by molar-refractivity contribution is 9.10. The lowest BCUT2D eigenvalue weighted by molar-refractivity contribution is 0.296. The molecular weight excluding hydrogens is 412 g/mol. The number of aryl methyl sites for hydroxylation is 2. The van der Waals surface area contributed by atoms with Crippen molar-refractivity contribution >= 4 is 49.1 Å². The normalized spacial score (nSPS) is 13.9. The third kappa shape index (κ3) is 2.98. The molecule has 0 atom stereocenters. The van der Waals surface area contributed by atoms with Crippen molar-refractivity contribution in [3.05, 3.63) is 54.3 Å². The summed E-state index contributed by atoms with van der Waals surface area (Å²) in [5, 5.41) is 1.28. The zero-order chi connectivity index (χ0) is 16.7. The molecule has 3 aromatic rings. The summed E-state index contributed by atoms with van der Waals surface area (Å²) >= 11 is 11.1. The fourth-order valence-electron chi connectivity index (χ4n) is 3.02. The van der Waals surface area contributed by atoms with Crippen molar-refractivity contribution in [3.63, 3.8) is 0 Å². The van der Waals surface area contributed by atoms with E-state index in [1.54, 1.807) is 23.5 Å². The first kappa shape index (κ1) is 16.1. The number of nitrogens with one attached hydrogen (secondary N) is 1. The Morgan fingerprint density at radius 1 is 1.33 bits per heavy atom. The lowest BCUT2D eigenvalue weighted by Crippen LogP contribution is -2.14. The van der Waals surface area contributed by atoms with Crippen LogP contribution in [0.25, 0.3) is 10.2 Å². The van der Waals surface area contributed by atoms with Crippen LogP contribution >= 0.6 is 38.9 Å². The summed E-state index contributed by atoms with van der Waals surface area (Å²) in [5.41, 5.74) is 1.12. The maximum atomic E-state index is 12.5. The van der Waals surface area contributed by atoms with E-state index in [2.05, 4.69) is 25.9 Å². The van der Waals surface area contributed by atoms with Gasteiger partial charge in [-0.15, -0.1) is 11.3 Å². The largest absolute Gasteiger partial charge is 0.484 e. The van der Waals surface area contributed by atoms with Crippen molar-refractivity contribution in [1.29, 1.82) is 0 Å². The first-order valence-electron chi connectivity index (χ1n) is 7.73. The van der Waals surface area contributed by atoms with Crippen LogP contribution in [-0.2, 0) is 19.4 Å². The quantitative estimate of drug-likeness (QED) is 0.652. The highest BCUT2D eigenvalue weighted by atomic mass is 79.9. The molecule has 124 valence electrons. The van der Waals surface area contributed by atoms with Crippen LogP contribution in [0.4, 0.5) is 0 Å². The minimum atomic E-state index is -0.0695. The van der Waals surface area contributed by atoms with E-state index in [4.69, 9.17) is 16.3 Å². The van der Waals surface area contributed by atoms with Gasteiger partial charge in [-0.1, -0.05) is 27.5 Å². The third-order valence-electron chi connectivity index (χ3n) is 4.13. The molecule has 4 nitrogen and oxygen atoms in total. The van der Waals surface area contributed by atoms with E-state index in [0.717, 1.165) is 34.0 Å². The molecule has 2 heterocycles. The molecule has 7 heteroatoms. The molecule has 0 fully saturated rings. The van der Waals surface area contributed by atoms with Gasteiger partial charge < -0.3 is 9.72 Å². The monoisotopic (exact) mass is 424 g/mol. The van der Waals surface area contributed by atoms with Gasteiger partial charge in [-0.3, -0.25) is 4.79 Å². The van der Waals surface area contributed by atoms with Crippen molar-refractivity contribution in [1.82, 2.24) is 9.97 Å². The first-order valence-corrected chi connectivity index (χ1v) is 9.72. The van der Waals surface area contributed by atoms with Crippen LogP contribution in [0.15, 0.2) is 27.5 Å². The van der Waals surface area contributed by atoms with Crippen molar-refractivity contribution in [2.45, 2.75) is 32.3 Å². The van der Waals surface area contributed by atoms with Crippen LogP contribution in [0.3, 0.4) is 0 Å². The number of thiophene rings is 1. The second-order valence-electron chi connectivity index (χ2n) is 5.77. The Kier molecular flexibility index (Phi) is 4.37. The SMILES string of the molecule is O=c1[nH]c(COc2ccc(Br)cc2Cl)nc2sc3c(c12)CCCC3. The van der Waals surface area contributed by atoms with Gasteiger partial charge in [0.15, 0.2) is 0 Å². The number of nitrogens with zero attached hydrogens (tertiary/aromatic N) is 1. The number of ether oxygens (including phenoxy) is 1. The molecule has 24 heavy (non-hydrogen) atoms. The van der Waals surface area contributed by atoms with Gasteiger partial charge in [0.25, 0.3) is 5.56 Å². The second-order valence-corrected chi connectivity index (χ2v) is 8.17. The van der Waals surface area contributed by atoms with E-state index < -0.39 is 0 Å². The average Bonchev–Trinajstić information content (AvgIpc) is 2.92. The Morgan fingerprint density at radius 2 is 2.17 bits per heavy atom. The highest BCUT2D eigenvalue weighted by Gasteiger charge is 2.19. The van der Waals surface area contributed by atoms with Crippen molar-refractivity contribution in [2.75, 3.05) is 0 Å². The van der Waals surface area contributed by atoms with E-state index in [-0.39, 0.29) is 12.2 Å². The fraction of sp³-hybridized carbons (Fsp3) is 0.294. The Hall–Kier alpha value is -1.37. The topological polar surface area (TPSA) is 55.0 Å². The molecule has 0 radical (unpaired) electrons. The summed E-state index contributed by atoms with van der Waals surface area (Å²) in [6.07, 6.45) is 4.36. The Labute approximate surface area is 156 Å². The molecule has 1 aliphatic rings. The summed E-state index contributed by atoms with van der Waals surface area (Å²) in [6.45, 7) is 0.176. The minimum Gasteiger partial charge on any atom is -0.484 e. The zero-order valence-electron chi connectivity index (χ0n) is 12.7. The number of rotatable bonds is 3. The molecule has 4 rings (SSSR count). The van der Waals surface area contributed by atoms with E-state index in [1.807, 2.05) is 6.07 Å². The number of benzene rings is 1. The highest BCUT2D eigenvalue weighted by Crippen LogP contribution is 2.33. The molecule has 0 amide bonds. The van der Waals surface area contributed by atoms with Gasteiger partial charge >= 0.3 is 0 Å². The standard InChI is InChI=1S/C17H14BrClN2O2S/c18-9-5-6-12(11(19)7-9)23-8-14-20-16(22)15-10-3-1-2-4-13(10)24-17(15)21-14/h5-7H,1-4,8H2,(H,20,21,22). The maximum absolute atomic E-state index is 12.5. The van der Waals surface area contributed by atoms with E-state index in [1.165, 1.54) is 16.9 Å². The minimum absolute atomic E-state index is 0.0695. The number of halogens is 2. The molecule has 0 saturated heterocycles. The molecule has 0 unspecified atom stereocenters. The van der Waals surface area contributed by atoms with E-state index in [0.29, 0.717) is 16.6 Å². The Morgan fingerprint density at radius 3 is 3.00 bits per heavy atom. The van der Waals surface area contributed by atoms with Crippen LogP contribution in [-0.4, -0.2) is 9.97 Å². The average molecular weight is 426 g/mol. The van der Waals surface area contributed by atoms with Crippen LogP contribution in [0.1, 0.15) is 29.1 Å². The van der Waals surface area contributed by atoms with Crippen LogP contribution in [0, 0.1) is 0 Å². The Balaban J connectivity index is 1.64. The second kappa shape index (κ2) is 6.50. The van der Waals surface area contributed by atoms with E-state index in [9.17, 15) is 4.79 Å². The molecule has 1 N–H and O–H groups in total. The molecule has 0 bridgehead atoms. The first-order chi connectivity index (χ1) is 11.6. The van der Waals surface area contributed by atoms with Gasteiger partial charge in [-0.05, 0) is 49.4 Å². The zero-order valence-corrected chi connectivity index (χ0v) is 15.9. The van der Waals surface area contributed by atoms with Gasteiger partial charge in [0.1, 0.15) is 23.0 Å².